The summed E-state index contributed by atoms with van der Waals surface area (Å²) < 4.78 is 4.98. The number of ether oxygens (including phenoxy) is 1. The SMILES string of the molecule is C[C@H]1C[C@@H]2[C@H]([C@@H](O)C[C@@]3(C)[C@H]2CC[C@]3(O)C(=O)COC(=O)CCC(=O)O)[C@@]2(C)C=CC(=O)C=C12.[Na]. The quantitative estimate of drug-likeness (QED) is 0.373. The smallest absolute Gasteiger partial charge is 0.306 e. The number of hydrogen-bond donors (Lipinski definition) is 3. The number of carboxylic acid groups (broad SMARTS) is 1. The number of aliphatic hydroxyl groups is 2. The fraction of sp³-hybridized carbons (Fsp3) is 0.692. The van der Waals surface area contributed by atoms with E-state index in [4.69, 9.17) is 9.84 Å². The maximum atomic E-state index is 13.1. The zero-order chi connectivity index (χ0) is 25.1. The van der Waals surface area contributed by atoms with E-state index in [1.165, 1.54) is 0 Å². The van der Waals surface area contributed by atoms with Crippen LogP contribution in [0, 0.1) is 34.5 Å². The number of Topliss-reactive ketones (excluding diaryl/α,β-unsaturated/α-hetero) is 1. The number of aliphatic hydroxyl groups excluding tert-OH is 1. The summed E-state index contributed by atoms with van der Waals surface area (Å²) in [7, 11) is 0. The van der Waals surface area contributed by atoms with E-state index >= 15 is 0 Å². The molecule has 0 saturated heterocycles. The number of aliphatic carboxylic acids is 1. The molecule has 9 heteroatoms. The van der Waals surface area contributed by atoms with Gasteiger partial charge in [-0.15, -0.1) is 0 Å². The zero-order valence-electron chi connectivity index (χ0n) is 21.0. The third-order valence-corrected chi connectivity index (χ3v) is 9.34. The number of carbonyl (C=O) groups excluding carboxylic acids is 3. The Balaban J connectivity index is 0.00000342. The molecule has 0 aromatic heterocycles. The third-order valence-electron chi connectivity index (χ3n) is 9.34. The Morgan fingerprint density at radius 3 is 2.54 bits per heavy atom. The zero-order valence-corrected chi connectivity index (χ0v) is 23.0. The number of hydrogen-bond acceptors (Lipinski definition) is 7. The van der Waals surface area contributed by atoms with Crippen LogP contribution in [0.5, 0.6) is 0 Å². The van der Waals surface area contributed by atoms with Gasteiger partial charge in [-0.1, -0.05) is 32.4 Å². The number of allylic oxidation sites excluding steroid dienone is 4. The van der Waals surface area contributed by atoms with Gasteiger partial charge in [0.2, 0.25) is 5.78 Å². The second-order valence-electron chi connectivity index (χ2n) is 11.1. The molecule has 4 rings (SSSR count). The van der Waals surface area contributed by atoms with Crippen molar-refractivity contribution < 1.29 is 39.2 Å². The Morgan fingerprint density at radius 2 is 1.89 bits per heavy atom. The van der Waals surface area contributed by atoms with E-state index in [2.05, 4.69) is 13.8 Å². The topological polar surface area (TPSA) is 138 Å². The van der Waals surface area contributed by atoms with Crippen molar-refractivity contribution in [1.82, 2.24) is 0 Å². The molecule has 0 aromatic carbocycles. The van der Waals surface area contributed by atoms with Crippen LogP contribution in [0.3, 0.4) is 0 Å². The van der Waals surface area contributed by atoms with Gasteiger partial charge in [0.25, 0.3) is 0 Å². The van der Waals surface area contributed by atoms with Gasteiger partial charge < -0.3 is 20.1 Å². The molecular weight excluding hydrogens is 463 g/mol. The van der Waals surface area contributed by atoms with Crippen LogP contribution in [0.4, 0.5) is 0 Å². The molecule has 0 aliphatic heterocycles. The van der Waals surface area contributed by atoms with Crippen LogP contribution in [0.25, 0.3) is 0 Å². The van der Waals surface area contributed by atoms with Gasteiger partial charge in [0.15, 0.2) is 12.4 Å². The van der Waals surface area contributed by atoms with Crippen LogP contribution in [0.1, 0.15) is 59.3 Å². The summed E-state index contributed by atoms with van der Waals surface area (Å²) in [6, 6.07) is 0. The first kappa shape index (κ1) is 28.3. The number of fused-ring (bicyclic) bond motifs is 5. The van der Waals surface area contributed by atoms with Crippen molar-refractivity contribution in [3.63, 3.8) is 0 Å². The number of carbonyl (C=O) groups is 4. The van der Waals surface area contributed by atoms with E-state index < -0.39 is 46.9 Å². The van der Waals surface area contributed by atoms with E-state index in [1.54, 1.807) is 12.2 Å². The molecule has 4 aliphatic carbocycles. The molecule has 1 radical (unpaired) electrons. The Bertz CT molecular complexity index is 988. The summed E-state index contributed by atoms with van der Waals surface area (Å²) in [5.41, 5.74) is -2.04. The molecule has 0 heterocycles. The summed E-state index contributed by atoms with van der Waals surface area (Å²) in [6.45, 7) is 5.40. The fourth-order valence-electron chi connectivity index (χ4n) is 7.76. The maximum absolute atomic E-state index is 13.1. The third kappa shape index (κ3) is 4.50. The van der Waals surface area contributed by atoms with E-state index in [0.717, 1.165) is 12.0 Å². The molecule has 8 atom stereocenters. The molecule has 187 valence electrons. The van der Waals surface area contributed by atoms with Crippen molar-refractivity contribution in [2.24, 2.45) is 34.5 Å². The van der Waals surface area contributed by atoms with Crippen molar-refractivity contribution in [3.8, 4) is 0 Å². The fourth-order valence-corrected chi connectivity index (χ4v) is 7.76. The average molecular weight is 498 g/mol. The molecule has 3 saturated carbocycles. The molecule has 3 fully saturated rings. The molecule has 0 aromatic rings. The number of ketones is 2. The first-order chi connectivity index (χ1) is 15.8. The summed E-state index contributed by atoms with van der Waals surface area (Å²) in [5.74, 6) is -2.51. The minimum Gasteiger partial charge on any atom is -0.481 e. The molecule has 0 spiro atoms. The first-order valence-electron chi connectivity index (χ1n) is 12.1. The second-order valence-corrected chi connectivity index (χ2v) is 11.1. The molecular formula is C26H34NaO8. The van der Waals surface area contributed by atoms with Gasteiger partial charge in [-0.3, -0.25) is 19.2 Å². The van der Waals surface area contributed by atoms with Crippen molar-refractivity contribution >= 4 is 53.1 Å². The predicted octanol–water partition coefficient (Wildman–Crippen LogP) is 1.84. The van der Waals surface area contributed by atoms with Gasteiger partial charge in [-0.05, 0) is 55.6 Å². The normalized spacial score (nSPS) is 41.6. The first-order valence-corrected chi connectivity index (χ1v) is 12.1. The Hall–Kier alpha value is -1.32. The molecule has 0 bridgehead atoms. The van der Waals surface area contributed by atoms with Gasteiger partial charge in [0, 0.05) is 46.3 Å². The van der Waals surface area contributed by atoms with Crippen LogP contribution in [-0.2, 0) is 23.9 Å². The maximum Gasteiger partial charge on any atom is 0.306 e. The van der Waals surface area contributed by atoms with Gasteiger partial charge in [-0.2, -0.15) is 0 Å². The van der Waals surface area contributed by atoms with E-state index in [9.17, 15) is 29.4 Å². The van der Waals surface area contributed by atoms with E-state index in [0.29, 0.717) is 6.42 Å². The Labute approximate surface area is 227 Å². The van der Waals surface area contributed by atoms with Crippen LogP contribution in [0.15, 0.2) is 23.8 Å². The van der Waals surface area contributed by atoms with Crippen molar-refractivity contribution in [3.05, 3.63) is 23.8 Å². The largest absolute Gasteiger partial charge is 0.481 e. The van der Waals surface area contributed by atoms with E-state index in [-0.39, 0.29) is 84.7 Å². The monoisotopic (exact) mass is 497 g/mol. The molecule has 4 aliphatic rings. The summed E-state index contributed by atoms with van der Waals surface area (Å²) in [5, 5.41) is 31.7. The van der Waals surface area contributed by atoms with Crippen molar-refractivity contribution in [2.45, 2.75) is 71.0 Å². The average Bonchev–Trinajstić information content (AvgIpc) is 3.03. The van der Waals surface area contributed by atoms with Crippen LogP contribution in [-0.4, -0.2) is 86.7 Å². The van der Waals surface area contributed by atoms with Crippen LogP contribution in [0.2, 0.25) is 0 Å². The minimum absolute atomic E-state index is 0. The van der Waals surface area contributed by atoms with Gasteiger partial charge in [0.05, 0.1) is 18.9 Å². The predicted molar refractivity (Wildman–Crippen MR) is 126 cm³/mol. The molecule has 0 unspecified atom stereocenters. The Morgan fingerprint density at radius 1 is 1.20 bits per heavy atom. The van der Waals surface area contributed by atoms with Crippen LogP contribution < -0.4 is 0 Å². The van der Waals surface area contributed by atoms with Gasteiger partial charge in [-0.25, -0.2) is 0 Å². The van der Waals surface area contributed by atoms with Gasteiger partial charge in [0.1, 0.15) is 5.60 Å². The second kappa shape index (κ2) is 9.86. The number of rotatable bonds is 6. The summed E-state index contributed by atoms with van der Waals surface area (Å²) >= 11 is 0. The molecule has 8 nitrogen and oxygen atoms in total. The van der Waals surface area contributed by atoms with Crippen molar-refractivity contribution in [1.29, 1.82) is 0 Å². The molecule has 3 N–H and O–H groups in total. The van der Waals surface area contributed by atoms with Crippen molar-refractivity contribution in [2.75, 3.05) is 6.61 Å². The van der Waals surface area contributed by atoms with Crippen LogP contribution >= 0.6 is 0 Å². The van der Waals surface area contributed by atoms with Gasteiger partial charge >= 0.3 is 11.9 Å². The summed E-state index contributed by atoms with van der Waals surface area (Å²) in [4.78, 5) is 47.7. The number of esters is 1. The molecule has 35 heavy (non-hydrogen) atoms. The number of carboxylic acids is 1. The molecule has 0 amide bonds. The Kier molecular flexibility index (Phi) is 7.96. The standard InChI is InChI=1S/C26H34O8.Na/c1-14-10-16-17-7-9-26(33,20(29)13-34-22(32)5-4-21(30)31)25(17,3)12-19(28)23(16)24(2)8-6-15(27)11-18(14)24;/h6,8,11,14,16-17,19,23,28,33H,4-5,7,9-10,12-13H2,1-3H3,(H,30,31);/t14-,16-,17-,19-,23+,24-,25-,26-;/m0./s1. The minimum atomic E-state index is -1.74. The summed E-state index contributed by atoms with van der Waals surface area (Å²) in [6.07, 6.45) is 5.52. The van der Waals surface area contributed by atoms with E-state index in [1.807, 2.05) is 13.0 Å².